The maximum absolute atomic E-state index is 15.4. The Morgan fingerprint density at radius 3 is 2.43 bits per heavy atom. The summed E-state index contributed by atoms with van der Waals surface area (Å²) in [5.74, 6) is -3.42. The van der Waals surface area contributed by atoms with Crippen LogP contribution in [-0.4, -0.2) is 55.4 Å². The van der Waals surface area contributed by atoms with Crippen molar-refractivity contribution in [3.05, 3.63) is 99.9 Å². The van der Waals surface area contributed by atoms with E-state index < -0.39 is 86.6 Å². The van der Waals surface area contributed by atoms with E-state index in [1.165, 1.54) is 19.9 Å². The van der Waals surface area contributed by atoms with E-state index in [1.54, 1.807) is 35.6 Å². The number of benzene rings is 1. The number of aromatic nitrogens is 5. The number of imidazole rings is 1. The van der Waals surface area contributed by atoms with Crippen LogP contribution in [0.1, 0.15) is 72.0 Å². The Balaban J connectivity index is 1.38. The second kappa shape index (κ2) is 13.3. The van der Waals surface area contributed by atoms with E-state index in [4.69, 9.17) is 0 Å². The standard InChI is InChI=1S/C37H32F7N7O4S/c1-18-45-34(49-56(4,54)55)28-7-5-6-27(51(18)28)23-9-8-22(10-11-35(2,3)53)46-31(23)26(14-19-12-20(38)15-21(39)13-19)47-29(52)17-50-33-30(32(48-50)37(42,43)44)24-16-25(24)36(33,40)41/h5-9,12-13,15,24-26,49,53H,14,16-17H2,1-4H3,(H,47,52)/t24-,25+,26?/m0/s1. The number of fused-ring (bicyclic) bond motifs is 4. The molecule has 1 unspecified atom stereocenters. The van der Waals surface area contributed by atoms with E-state index in [2.05, 4.69) is 36.9 Å². The van der Waals surface area contributed by atoms with Crippen LogP contribution in [-0.2, 0) is 39.9 Å². The summed E-state index contributed by atoms with van der Waals surface area (Å²) in [6.45, 7) is 3.35. The second-order valence-electron chi connectivity index (χ2n) is 14.4. The number of nitrogens with zero attached hydrogens (tertiary/aromatic N) is 5. The van der Waals surface area contributed by atoms with Gasteiger partial charge in [-0.05, 0) is 87.4 Å². The highest BCUT2D eigenvalue weighted by molar-refractivity contribution is 7.92. The lowest BCUT2D eigenvalue weighted by atomic mass is 9.96. The van der Waals surface area contributed by atoms with Crippen molar-refractivity contribution >= 4 is 27.3 Å². The highest BCUT2D eigenvalue weighted by atomic mass is 32.2. The molecule has 11 nitrogen and oxygen atoms in total. The Morgan fingerprint density at radius 2 is 1.79 bits per heavy atom. The maximum Gasteiger partial charge on any atom is 0.435 e. The van der Waals surface area contributed by atoms with Gasteiger partial charge in [0.25, 0.3) is 5.92 Å². The topological polar surface area (TPSA) is 144 Å². The van der Waals surface area contributed by atoms with Gasteiger partial charge in [-0.3, -0.25) is 18.6 Å². The van der Waals surface area contributed by atoms with Crippen molar-refractivity contribution in [1.82, 2.24) is 29.5 Å². The molecule has 7 rings (SSSR count). The van der Waals surface area contributed by atoms with Gasteiger partial charge in [-0.15, -0.1) is 0 Å². The zero-order valence-electron chi connectivity index (χ0n) is 29.9. The normalized spacial score (nSPS) is 17.9. The molecule has 0 saturated heterocycles. The van der Waals surface area contributed by atoms with Crippen LogP contribution in [0.5, 0.6) is 0 Å². The van der Waals surface area contributed by atoms with Crippen molar-refractivity contribution in [3.8, 4) is 23.1 Å². The van der Waals surface area contributed by atoms with Gasteiger partial charge < -0.3 is 10.4 Å². The van der Waals surface area contributed by atoms with Gasteiger partial charge in [0.2, 0.25) is 15.9 Å². The number of pyridine rings is 2. The summed E-state index contributed by atoms with van der Waals surface area (Å²) in [6.07, 6.45) is -4.66. The molecule has 0 spiro atoms. The fourth-order valence-electron chi connectivity index (χ4n) is 7.17. The molecule has 2 aliphatic rings. The summed E-state index contributed by atoms with van der Waals surface area (Å²) in [6, 6.07) is 9.06. The number of halogens is 7. The first-order chi connectivity index (χ1) is 26.0. The van der Waals surface area contributed by atoms with Crippen LogP contribution >= 0.6 is 0 Å². The smallest absolute Gasteiger partial charge is 0.378 e. The molecule has 2 aliphatic carbocycles. The van der Waals surface area contributed by atoms with Gasteiger partial charge >= 0.3 is 6.18 Å². The number of carbonyl (C=O) groups excluding carboxylic acids is 1. The van der Waals surface area contributed by atoms with Gasteiger partial charge in [0.15, 0.2) is 11.5 Å². The lowest BCUT2D eigenvalue weighted by molar-refractivity contribution is -0.142. The number of hydrogen-bond acceptors (Lipinski definition) is 7. The summed E-state index contributed by atoms with van der Waals surface area (Å²) < 4.78 is 130. The van der Waals surface area contributed by atoms with Crippen molar-refractivity contribution < 1.29 is 49.1 Å². The Morgan fingerprint density at radius 1 is 1.09 bits per heavy atom. The average molecular weight is 804 g/mol. The fraction of sp³-hybridized carbons (Fsp3) is 0.351. The van der Waals surface area contributed by atoms with Crippen LogP contribution in [0.3, 0.4) is 0 Å². The molecule has 1 saturated carbocycles. The van der Waals surface area contributed by atoms with Crippen LogP contribution in [0.4, 0.5) is 36.6 Å². The Kier molecular flexibility index (Phi) is 9.23. The van der Waals surface area contributed by atoms with Crippen molar-refractivity contribution in [2.45, 2.75) is 69.8 Å². The first-order valence-corrected chi connectivity index (χ1v) is 18.9. The fourth-order valence-corrected chi connectivity index (χ4v) is 7.67. The molecular weight excluding hydrogens is 772 g/mol. The number of carbonyl (C=O) groups is 1. The van der Waals surface area contributed by atoms with Gasteiger partial charge in [-0.1, -0.05) is 12.0 Å². The molecule has 4 aromatic heterocycles. The maximum atomic E-state index is 15.4. The molecule has 56 heavy (non-hydrogen) atoms. The molecule has 294 valence electrons. The Labute approximate surface area is 315 Å². The number of nitrogens with one attached hydrogen (secondary N) is 2. The number of aryl methyl sites for hydroxylation is 1. The van der Waals surface area contributed by atoms with Crippen molar-refractivity contribution in [1.29, 1.82) is 0 Å². The summed E-state index contributed by atoms with van der Waals surface area (Å²) in [5, 5.41) is 16.3. The molecule has 0 aliphatic heterocycles. The molecule has 1 aromatic carbocycles. The van der Waals surface area contributed by atoms with Crippen LogP contribution in [0.15, 0.2) is 48.5 Å². The van der Waals surface area contributed by atoms with Crippen molar-refractivity contribution in [2.75, 3.05) is 11.0 Å². The number of anilines is 1. The molecule has 3 N–H and O–H groups in total. The molecule has 1 fully saturated rings. The van der Waals surface area contributed by atoms with Gasteiger partial charge in [0.05, 0.1) is 29.2 Å². The van der Waals surface area contributed by atoms with Crippen LogP contribution in [0.25, 0.3) is 16.8 Å². The zero-order chi connectivity index (χ0) is 40.7. The van der Waals surface area contributed by atoms with Crippen molar-refractivity contribution in [2.24, 2.45) is 5.92 Å². The predicted molar refractivity (Wildman–Crippen MR) is 188 cm³/mol. The van der Waals surface area contributed by atoms with E-state index in [0.717, 1.165) is 18.4 Å². The van der Waals surface area contributed by atoms with Crippen LogP contribution in [0.2, 0.25) is 0 Å². The SMILES string of the molecule is Cc1nc(NS(C)(=O)=O)c2cccc(-c3ccc(C#CC(C)(C)O)nc3C(Cc3cc(F)cc(F)c3)NC(=O)Cn3nc(C(F)(F)F)c4c3C(F)(F)[C@@H]3C[C@H]43)n12. The molecule has 19 heteroatoms. The summed E-state index contributed by atoms with van der Waals surface area (Å²) in [7, 11) is -3.78. The average Bonchev–Trinajstić information content (AvgIpc) is 3.61. The second-order valence-corrected chi connectivity index (χ2v) is 16.1. The Bertz CT molecular complexity index is 2580. The summed E-state index contributed by atoms with van der Waals surface area (Å²) in [4.78, 5) is 22.9. The molecule has 1 amide bonds. The highest BCUT2D eigenvalue weighted by Gasteiger charge is 2.68. The summed E-state index contributed by atoms with van der Waals surface area (Å²) >= 11 is 0. The first-order valence-electron chi connectivity index (χ1n) is 17.0. The zero-order valence-corrected chi connectivity index (χ0v) is 30.8. The molecule has 5 aromatic rings. The van der Waals surface area contributed by atoms with E-state index in [-0.39, 0.29) is 41.2 Å². The summed E-state index contributed by atoms with van der Waals surface area (Å²) in [5.41, 5.74) is -3.63. The minimum atomic E-state index is -5.07. The predicted octanol–water partition coefficient (Wildman–Crippen LogP) is 6.00. The Hall–Kier alpha value is -5.48. The monoisotopic (exact) mass is 803 g/mol. The lowest BCUT2D eigenvalue weighted by Gasteiger charge is -2.23. The molecule has 0 radical (unpaired) electrons. The van der Waals surface area contributed by atoms with Crippen molar-refractivity contribution in [3.63, 3.8) is 0 Å². The third-order valence-electron chi connectivity index (χ3n) is 9.33. The third-order valence-corrected chi connectivity index (χ3v) is 9.89. The minimum absolute atomic E-state index is 0.00274. The minimum Gasteiger partial charge on any atom is -0.378 e. The molecule has 3 atom stereocenters. The van der Waals surface area contributed by atoms with Crippen LogP contribution < -0.4 is 10.0 Å². The van der Waals surface area contributed by atoms with Gasteiger partial charge in [0, 0.05) is 23.1 Å². The van der Waals surface area contributed by atoms with E-state index in [9.17, 15) is 40.3 Å². The van der Waals surface area contributed by atoms with Crippen LogP contribution in [0, 0.1) is 36.3 Å². The third kappa shape index (κ3) is 7.54. The van der Waals surface area contributed by atoms with E-state index >= 15 is 8.78 Å². The number of hydrogen-bond donors (Lipinski definition) is 3. The lowest BCUT2D eigenvalue weighted by Crippen LogP contribution is -2.35. The van der Waals surface area contributed by atoms with Gasteiger partial charge in [-0.2, -0.15) is 27.1 Å². The molecule has 0 bridgehead atoms. The quantitative estimate of drug-likeness (QED) is 0.123. The van der Waals surface area contributed by atoms with Gasteiger partial charge in [0.1, 0.15) is 41.0 Å². The molecular formula is C37H32F7N7O4S. The first kappa shape index (κ1) is 38.8. The number of alkyl halides is 5. The number of aliphatic hydroxyl groups is 1. The van der Waals surface area contributed by atoms with E-state index in [1.807, 2.05) is 0 Å². The van der Waals surface area contributed by atoms with Gasteiger partial charge in [-0.25, -0.2) is 27.2 Å². The number of amides is 1. The van der Waals surface area contributed by atoms with E-state index in [0.29, 0.717) is 27.8 Å². The molecule has 4 heterocycles. The number of rotatable bonds is 9. The highest BCUT2D eigenvalue weighted by Crippen LogP contribution is 2.68. The largest absolute Gasteiger partial charge is 0.435 e. The number of sulfonamides is 1.